The summed E-state index contributed by atoms with van der Waals surface area (Å²) >= 11 is 3.19. The van der Waals surface area contributed by atoms with E-state index in [4.69, 9.17) is 10.2 Å². The first-order valence-corrected chi connectivity index (χ1v) is 5.07. The highest BCUT2D eigenvalue weighted by molar-refractivity contribution is 9.10. The first-order chi connectivity index (χ1) is 7.15. The van der Waals surface area contributed by atoms with E-state index in [1.165, 1.54) is 6.07 Å². The average molecular weight is 269 g/mol. The molecule has 0 unspecified atom stereocenters. The molecule has 0 radical (unpaired) electrons. The van der Waals surface area contributed by atoms with Gasteiger partial charge in [0.2, 0.25) is 0 Å². The van der Waals surface area contributed by atoms with E-state index in [9.17, 15) is 4.79 Å². The Morgan fingerprint density at radius 3 is 2.80 bits per heavy atom. The number of aromatic carboxylic acids is 1. The Bertz CT molecular complexity index is 429. The van der Waals surface area contributed by atoms with Gasteiger partial charge >= 0.3 is 5.97 Å². The van der Waals surface area contributed by atoms with E-state index in [1.54, 1.807) is 12.1 Å². The van der Waals surface area contributed by atoms with Crippen LogP contribution in [0.5, 0.6) is 0 Å². The van der Waals surface area contributed by atoms with Crippen molar-refractivity contribution in [3.05, 3.63) is 33.8 Å². The van der Waals surface area contributed by atoms with Gasteiger partial charge in [0, 0.05) is 16.5 Å². The maximum Gasteiger partial charge on any atom is 0.337 e. The summed E-state index contributed by atoms with van der Waals surface area (Å²) in [4.78, 5) is 10.9. The number of hydrogen-bond acceptors (Lipinski definition) is 2. The number of carboxylic acids is 1. The van der Waals surface area contributed by atoms with Crippen molar-refractivity contribution < 1.29 is 15.0 Å². The topological polar surface area (TPSA) is 57.5 Å². The van der Waals surface area contributed by atoms with E-state index in [0.29, 0.717) is 16.5 Å². The van der Waals surface area contributed by atoms with Crippen LogP contribution < -0.4 is 0 Å². The van der Waals surface area contributed by atoms with Gasteiger partial charge in [0.05, 0.1) is 12.2 Å². The number of carbonyl (C=O) groups is 1. The molecule has 4 heteroatoms. The molecule has 0 aliphatic heterocycles. The number of aliphatic hydroxyl groups excluding tert-OH is 1. The highest BCUT2D eigenvalue weighted by atomic mass is 79.9. The van der Waals surface area contributed by atoms with Gasteiger partial charge in [-0.25, -0.2) is 4.79 Å². The van der Waals surface area contributed by atoms with Gasteiger partial charge in [0.1, 0.15) is 0 Å². The molecule has 0 heterocycles. The molecule has 0 aromatic heterocycles. The van der Waals surface area contributed by atoms with Crippen molar-refractivity contribution in [2.24, 2.45) is 0 Å². The van der Waals surface area contributed by atoms with Crippen LogP contribution in [0.1, 0.15) is 22.3 Å². The molecule has 1 aromatic carbocycles. The number of carboxylic acid groups (broad SMARTS) is 1. The molecule has 0 aliphatic carbocycles. The fourth-order valence-corrected chi connectivity index (χ4v) is 1.38. The van der Waals surface area contributed by atoms with E-state index < -0.39 is 5.97 Å². The highest BCUT2D eigenvalue weighted by Gasteiger charge is 2.08. The summed E-state index contributed by atoms with van der Waals surface area (Å²) in [6.07, 6.45) is 0.342. The minimum Gasteiger partial charge on any atom is -0.478 e. The lowest BCUT2D eigenvalue weighted by Gasteiger charge is -1.99. The summed E-state index contributed by atoms with van der Waals surface area (Å²) in [5, 5.41) is 17.4. The Labute approximate surface area is 95.9 Å². The summed E-state index contributed by atoms with van der Waals surface area (Å²) < 4.78 is 0.701. The van der Waals surface area contributed by atoms with E-state index in [0.717, 1.165) is 0 Å². The fraction of sp³-hybridized carbons (Fsp3) is 0.182. The number of aliphatic hydroxyl groups is 1. The third-order valence-corrected chi connectivity index (χ3v) is 2.17. The molecular formula is C11H9BrO3. The van der Waals surface area contributed by atoms with Gasteiger partial charge in [-0.15, -0.1) is 0 Å². The van der Waals surface area contributed by atoms with E-state index in [1.807, 2.05) is 0 Å². The lowest BCUT2D eigenvalue weighted by atomic mass is 10.1. The molecule has 3 nitrogen and oxygen atoms in total. The van der Waals surface area contributed by atoms with Crippen molar-refractivity contribution in [3.8, 4) is 11.8 Å². The van der Waals surface area contributed by atoms with Crippen molar-refractivity contribution in [1.29, 1.82) is 0 Å². The van der Waals surface area contributed by atoms with E-state index in [2.05, 4.69) is 27.8 Å². The summed E-state index contributed by atoms with van der Waals surface area (Å²) in [5.74, 6) is 4.39. The summed E-state index contributed by atoms with van der Waals surface area (Å²) in [5.41, 5.74) is 0.619. The summed E-state index contributed by atoms with van der Waals surface area (Å²) in [6, 6.07) is 4.87. The van der Waals surface area contributed by atoms with E-state index in [-0.39, 0.29) is 12.2 Å². The zero-order valence-corrected chi connectivity index (χ0v) is 9.41. The SMILES string of the molecule is O=C(O)c1cc(Br)ccc1C#CCCO. The Morgan fingerprint density at radius 2 is 2.20 bits per heavy atom. The van der Waals surface area contributed by atoms with Crippen molar-refractivity contribution in [1.82, 2.24) is 0 Å². The maximum absolute atomic E-state index is 10.9. The van der Waals surface area contributed by atoms with Crippen molar-refractivity contribution in [2.45, 2.75) is 6.42 Å². The Hall–Kier alpha value is -1.31. The number of hydrogen-bond donors (Lipinski definition) is 2. The van der Waals surface area contributed by atoms with E-state index >= 15 is 0 Å². The molecular weight excluding hydrogens is 260 g/mol. The van der Waals surface area contributed by atoms with Crippen LogP contribution in [0.25, 0.3) is 0 Å². The van der Waals surface area contributed by atoms with Gasteiger partial charge in [-0.1, -0.05) is 27.8 Å². The number of rotatable bonds is 2. The molecule has 0 atom stereocenters. The molecule has 0 saturated heterocycles. The summed E-state index contributed by atoms with van der Waals surface area (Å²) in [6.45, 7) is -0.0219. The van der Waals surface area contributed by atoms with Gasteiger partial charge < -0.3 is 10.2 Å². The number of halogens is 1. The van der Waals surface area contributed by atoms with Crippen LogP contribution in [0.3, 0.4) is 0 Å². The second-order valence-electron chi connectivity index (χ2n) is 2.77. The van der Waals surface area contributed by atoms with Crippen LogP contribution in [0.4, 0.5) is 0 Å². The monoisotopic (exact) mass is 268 g/mol. The van der Waals surface area contributed by atoms with Crippen LogP contribution in [0, 0.1) is 11.8 Å². The van der Waals surface area contributed by atoms with Crippen molar-refractivity contribution in [3.63, 3.8) is 0 Å². The third-order valence-electron chi connectivity index (χ3n) is 1.67. The van der Waals surface area contributed by atoms with Crippen LogP contribution in [-0.4, -0.2) is 22.8 Å². The predicted molar refractivity (Wildman–Crippen MR) is 59.7 cm³/mol. The minimum atomic E-state index is -1.01. The van der Waals surface area contributed by atoms with Crippen LogP contribution in [0.2, 0.25) is 0 Å². The van der Waals surface area contributed by atoms with Gasteiger partial charge in [0.25, 0.3) is 0 Å². The summed E-state index contributed by atoms with van der Waals surface area (Å²) in [7, 11) is 0. The molecule has 2 N–H and O–H groups in total. The van der Waals surface area contributed by atoms with Gasteiger partial charge in [-0.2, -0.15) is 0 Å². The van der Waals surface area contributed by atoms with Crippen LogP contribution in [0.15, 0.2) is 22.7 Å². The molecule has 1 rings (SSSR count). The van der Waals surface area contributed by atoms with Gasteiger partial charge in [-0.3, -0.25) is 0 Å². The molecule has 0 spiro atoms. The normalized spacial score (nSPS) is 9.20. The predicted octanol–water partition coefficient (Wildman–Crippen LogP) is 1.88. The second kappa shape index (κ2) is 5.54. The quantitative estimate of drug-likeness (QED) is 0.806. The number of benzene rings is 1. The Balaban J connectivity index is 3.08. The van der Waals surface area contributed by atoms with Crippen molar-refractivity contribution in [2.75, 3.05) is 6.61 Å². The largest absolute Gasteiger partial charge is 0.478 e. The second-order valence-corrected chi connectivity index (χ2v) is 3.69. The van der Waals surface area contributed by atoms with Crippen LogP contribution >= 0.6 is 15.9 Å². The molecule has 0 bridgehead atoms. The smallest absolute Gasteiger partial charge is 0.337 e. The highest BCUT2D eigenvalue weighted by Crippen LogP contribution is 2.16. The lowest BCUT2D eigenvalue weighted by molar-refractivity contribution is 0.0696. The minimum absolute atomic E-state index is 0.0219. The fourth-order valence-electron chi connectivity index (χ4n) is 1.02. The average Bonchev–Trinajstić information content (AvgIpc) is 2.20. The molecule has 15 heavy (non-hydrogen) atoms. The zero-order valence-electron chi connectivity index (χ0n) is 7.83. The van der Waals surface area contributed by atoms with Gasteiger partial charge in [0.15, 0.2) is 0 Å². The Morgan fingerprint density at radius 1 is 1.47 bits per heavy atom. The molecule has 0 saturated carbocycles. The molecule has 78 valence electrons. The van der Waals surface area contributed by atoms with Crippen LogP contribution in [-0.2, 0) is 0 Å². The molecule has 0 fully saturated rings. The first kappa shape index (κ1) is 11.8. The molecule has 0 amide bonds. The first-order valence-electron chi connectivity index (χ1n) is 4.27. The maximum atomic E-state index is 10.9. The molecule has 0 aliphatic rings. The lowest BCUT2D eigenvalue weighted by Crippen LogP contribution is -1.99. The standard InChI is InChI=1S/C11H9BrO3/c12-9-5-4-8(3-1-2-6-13)10(7-9)11(14)15/h4-5,7,13H,2,6H2,(H,14,15). The molecule has 1 aromatic rings. The van der Waals surface area contributed by atoms with Gasteiger partial charge in [-0.05, 0) is 18.2 Å². The van der Waals surface area contributed by atoms with Crippen molar-refractivity contribution >= 4 is 21.9 Å². The Kier molecular flexibility index (Phi) is 4.35. The third kappa shape index (κ3) is 3.39. The zero-order chi connectivity index (χ0) is 11.3.